The van der Waals surface area contributed by atoms with Gasteiger partial charge >= 0.3 is 5.97 Å². The Kier molecular flexibility index (Phi) is 11.7. The average Bonchev–Trinajstić information content (AvgIpc) is 3.02. The maximum atomic E-state index is 13.3. The van der Waals surface area contributed by atoms with Gasteiger partial charge in [-0.2, -0.15) is 0 Å². The summed E-state index contributed by atoms with van der Waals surface area (Å²) in [6, 6.07) is 13.7. The number of rotatable bonds is 9. The van der Waals surface area contributed by atoms with Gasteiger partial charge in [0, 0.05) is 43.1 Å². The molecular formula is C33H43N3O5S. The summed E-state index contributed by atoms with van der Waals surface area (Å²) in [6.45, 7) is 6.18. The first kappa shape index (κ1) is 31.9. The highest BCUT2D eigenvalue weighted by Gasteiger charge is 2.36. The van der Waals surface area contributed by atoms with Crippen LogP contribution in [-0.4, -0.2) is 67.3 Å². The van der Waals surface area contributed by atoms with Crippen LogP contribution in [0.15, 0.2) is 47.4 Å². The molecule has 2 N–H and O–H groups in total. The van der Waals surface area contributed by atoms with Crippen molar-refractivity contribution in [2.24, 2.45) is 11.8 Å². The summed E-state index contributed by atoms with van der Waals surface area (Å²) >= 11 is -1.37. The molecule has 0 spiro atoms. The minimum absolute atomic E-state index is 0.0284. The molecule has 4 rings (SSSR count). The Morgan fingerprint density at radius 3 is 2.52 bits per heavy atom. The molecule has 8 nitrogen and oxygen atoms in total. The Hall–Kier alpha value is -3.03. The first-order valence-electron chi connectivity index (χ1n) is 14.8. The Labute approximate surface area is 253 Å². The molecule has 2 aromatic carbocycles. The van der Waals surface area contributed by atoms with E-state index >= 15 is 0 Å². The number of nitrogens with one attached hydrogen (secondary N) is 2. The van der Waals surface area contributed by atoms with E-state index in [0.717, 1.165) is 48.1 Å². The van der Waals surface area contributed by atoms with Gasteiger partial charge in [-0.15, -0.1) is 4.72 Å². The third-order valence-corrected chi connectivity index (χ3v) is 9.41. The number of methoxy groups -OCH3 is 1. The number of hydrogen-bond donors (Lipinski definition) is 2. The van der Waals surface area contributed by atoms with Crippen molar-refractivity contribution in [3.8, 4) is 11.8 Å². The molecule has 1 aliphatic heterocycles. The van der Waals surface area contributed by atoms with Crippen LogP contribution in [0, 0.1) is 23.7 Å². The van der Waals surface area contributed by atoms with E-state index in [1.165, 1.54) is 7.11 Å². The number of carbonyl (C=O) groups excluding carboxylic acids is 2. The normalized spacial score (nSPS) is 21.3. The first-order valence-corrected chi connectivity index (χ1v) is 16.0. The molecule has 42 heavy (non-hydrogen) atoms. The van der Waals surface area contributed by atoms with Crippen LogP contribution >= 0.6 is 0 Å². The molecule has 226 valence electrons. The van der Waals surface area contributed by atoms with E-state index in [4.69, 9.17) is 9.47 Å². The van der Waals surface area contributed by atoms with Crippen molar-refractivity contribution in [2.45, 2.75) is 69.4 Å². The SMILES string of the molecule is CNc1cc([S+]([O-])NC2CCC(C(=O)N3CCOCC3C(C)C)CC2)ccc1C#Cc1ccc(CCC(=O)OC)cc1. The maximum absolute atomic E-state index is 13.3. The molecule has 1 amide bonds. The molecule has 2 aliphatic rings. The number of carbonyl (C=O) groups is 2. The summed E-state index contributed by atoms with van der Waals surface area (Å²) in [5.74, 6) is 6.82. The Balaban J connectivity index is 1.31. The van der Waals surface area contributed by atoms with E-state index < -0.39 is 11.4 Å². The van der Waals surface area contributed by atoms with Crippen molar-refractivity contribution in [3.05, 3.63) is 59.2 Å². The van der Waals surface area contributed by atoms with Crippen LogP contribution in [0.2, 0.25) is 0 Å². The summed E-state index contributed by atoms with van der Waals surface area (Å²) in [5, 5.41) is 3.17. The Morgan fingerprint density at radius 1 is 1.12 bits per heavy atom. The molecule has 0 bridgehead atoms. The van der Waals surface area contributed by atoms with E-state index in [0.29, 0.717) is 43.4 Å². The third-order valence-electron chi connectivity index (χ3n) is 8.18. The number of esters is 1. The molecule has 1 heterocycles. The molecule has 1 saturated heterocycles. The lowest BCUT2D eigenvalue weighted by Gasteiger charge is -2.41. The van der Waals surface area contributed by atoms with Gasteiger partial charge in [0.25, 0.3) is 0 Å². The maximum Gasteiger partial charge on any atom is 0.305 e. The topological polar surface area (TPSA) is 103 Å². The molecule has 0 aromatic heterocycles. The molecule has 1 saturated carbocycles. The van der Waals surface area contributed by atoms with Crippen molar-refractivity contribution in [2.75, 3.05) is 39.2 Å². The quantitative estimate of drug-likeness (QED) is 0.254. The minimum Gasteiger partial charge on any atom is -0.593 e. The van der Waals surface area contributed by atoms with Crippen LogP contribution < -0.4 is 10.0 Å². The van der Waals surface area contributed by atoms with Crippen LogP contribution in [0.3, 0.4) is 0 Å². The van der Waals surface area contributed by atoms with Gasteiger partial charge in [0.15, 0.2) is 4.90 Å². The fourth-order valence-electron chi connectivity index (χ4n) is 5.56. The lowest BCUT2D eigenvalue weighted by Crippen LogP contribution is -2.53. The highest BCUT2D eigenvalue weighted by Crippen LogP contribution is 2.30. The zero-order valence-electron chi connectivity index (χ0n) is 25.1. The second-order valence-corrected chi connectivity index (χ2v) is 12.6. The van der Waals surface area contributed by atoms with E-state index in [2.05, 4.69) is 35.7 Å². The summed E-state index contributed by atoms with van der Waals surface area (Å²) in [6.07, 6.45) is 4.23. The zero-order chi connectivity index (χ0) is 30.1. The smallest absolute Gasteiger partial charge is 0.305 e. The highest BCUT2D eigenvalue weighted by atomic mass is 32.2. The lowest BCUT2D eigenvalue weighted by atomic mass is 9.85. The van der Waals surface area contributed by atoms with Crippen molar-refractivity contribution >= 4 is 28.9 Å². The second kappa shape index (κ2) is 15.4. The van der Waals surface area contributed by atoms with Crippen LogP contribution in [0.1, 0.15) is 62.6 Å². The van der Waals surface area contributed by atoms with Crippen LogP contribution in [0.5, 0.6) is 0 Å². The standard InChI is InChI=1S/C33H43N3O5S/c1-23(2)31-22-41-20-19-36(31)33(38)27-12-15-28(16-13-27)35-42(39)29-17-14-26(30(21-29)34-3)11-9-24-5-7-25(8-6-24)10-18-32(37)40-4/h5-8,14,17,21,23,27-28,31,34-35H,10,12-13,15-16,18-20,22H2,1-4H3. The highest BCUT2D eigenvalue weighted by molar-refractivity contribution is 7.89. The van der Waals surface area contributed by atoms with Gasteiger partial charge in [-0.3, -0.25) is 9.59 Å². The van der Waals surface area contributed by atoms with Crippen LogP contribution in [0.25, 0.3) is 0 Å². The van der Waals surface area contributed by atoms with E-state index in [9.17, 15) is 14.1 Å². The minimum atomic E-state index is -1.37. The summed E-state index contributed by atoms with van der Waals surface area (Å²) in [5.41, 5.74) is 3.55. The van der Waals surface area contributed by atoms with Gasteiger partial charge in [0.1, 0.15) is 0 Å². The fraction of sp³-hybridized carbons (Fsp3) is 0.515. The number of anilines is 1. The summed E-state index contributed by atoms with van der Waals surface area (Å²) < 4.78 is 26.8. The van der Waals surface area contributed by atoms with Gasteiger partial charge in [0.05, 0.1) is 49.5 Å². The number of morpholine rings is 1. The predicted octanol–water partition coefficient (Wildman–Crippen LogP) is 4.29. The van der Waals surface area contributed by atoms with Gasteiger partial charge < -0.3 is 24.2 Å². The first-order chi connectivity index (χ1) is 20.3. The van der Waals surface area contributed by atoms with E-state index in [-0.39, 0.29) is 29.9 Å². The van der Waals surface area contributed by atoms with Crippen molar-refractivity contribution < 1.29 is 23.6 Å². The number of hydrogen-bond acceptors (Lipinski definition) is 7. The van der Waals surface area contributed by atoms with Crippen LogP contribution in [-0.2, 0) is 36.8 Å². The molecule has 2 aromatic rings. The lowest BCUT2D eigenvalue weighted by molar-refractivity contribution is -0.147. The van der Waals surface area contributed by atoms with Gasteiger partial charge in [-0.1, -0.05) is 37.8 Å². The fourth-order valence-corrected chi connectivity index (χ4v) is 6.65. The number of ether oxygens (including phenoxy) is 2. The molecule has 2 atom stereocenters. The van der Waals surface area contributed by atoms with Gasteiger partial charge in [0.2, 0.25) is 5.91 Å². The Morgan fingerprint density at radius 2 is 1.86 bits per heavy atom. The molecule has 2 unspecified atom stereocenters. The van der Waals surface area contributed by atoms with Crippen molar-refractivity contribution in [1.82, 2.24) is 9.62 Å². The molecule has 9 heteroatoms. The zero-order valence-corrected chi connectivity index (χ0v) is 25.9. The van der Waals surface area contributed by atoms with Crippen molar-refractivity contribution in [3.63, 3.8) is 0 Å². The number of aryl methyl sites for hydroxylation is 1. The average molecular weight is 594 g/mol. The Bertz CT molecular complexity index is 1260. The summed E-state index contributed by atoms with van der Waals surface area (Å²) in [4.78, 5) is 27.4. The third kappa shape index (κ3) is 8.51. The van der Waals surface area contributed by atoms with Gasteiger partial charge in [-0.05, 0) is 67.9 Å². The second-order valence-electron chi connectivity index (χ2n) is 11.3. The number of benzene rings is 2. The molecule has 0 radical (unpaired) electrons. The molecule has 2 fully saturated rings. The number of amides is 1. The molecule has 1 aliphatic carbocycles. The van der Waals surface area contributed by atoms with Crippen LogP contribution in [0.4, 0.5) is 5.69 Å². The largest absolute Gasteiger partial charge is 0.593 e. The van der Waals surface area contributed by atoms with E-state index in [1.807, 2.05) is 54.4 Å². The monoisotopic (exact) mass is 593 g/mol. The van der Waals surface area contributed by atoms with Gasteiger partial charge in [-0.25, -0.2) is 0 Å². The molecular weight excluding hydrogens is 550 g/mol. The predicted molar refractivity (Wildman–Crippen MR) is 165 cm³/mol. The van der Waals surface area contributed by atoms with Crippen molar-refractivity contribution in [1.29, 1.82) is 0 Å². The number of nitrogens with zero attached hydrogens (tertiary/aromatic N) is 1. The van der Waals surface area contributed by atoms with E-state index in [1.54, 1.807) is 0 Å². The summed E-state index contributed by atoms with van der Waals surface area (Å²) in [7, 11) is 3.22.